The molecule has 0 aromatic heterocycles. The van der Waals surface area contributed by atoms with Crippen molar-refractivity contribution in [2.45, 2.75) is 12.5 Å². The molecular formula is C17H14ClN3O. The van der Waals surface area contributed by atoms with E-state index in [1.807, 2.05) is 35.2 Å². The molecular weight excluding hydrogens is 298 g/mol. The molecule has 0 bridgehead atoms. The summed E-state index contributed by atoms with van der Waals surface area (Å²) in [6.07, 6.45) is 1.40. The van der Waals surface area contributed by atoms with Crippen molar-refractivity contribution in [2.75, 3.05) is 4.90 Å². The van der Waals surface area contributed by atoms with Crippen molar-refractivity contribution >= 4 is 23.1 Å². The third-order valence-corrected chi connectivity index (χ3v) is 4.03. The van der Waals surface area contributed by atoms with Gasteiger partial charge in [0.1, 0.15) is 5.84 Å². The Bertz CT molecular complexity index is 772. The Labute approximate surface area is 133 Å². The van der Waals surface area contributed by atoms with Crippen molar-refractivity contribution in [3.63, 3.8) is 0 Å². The predicted molar refractivity (Wildman–Crippen MR) is 88.6 cm³/mol. The highest BCUT2D eigenvalue weighted by Crippen LogP contribution is 2.36. The second kappa shape index (κ2) is 5.16. The van der Waals surface area contributed by atoms with Gasteiger partial charge < -0.3 is 15.4 Å². The van der Waals surface area contributed by atoms with Crippen LogP contribution in [0.3, 0.4) is 0 Å². The monoisotopic (exact) mass is 311 g/mol. The number of rotatable bonds is 2. The highest BCUT2D eigenvalue weighted by Gasteiger charge is 2.45. The molecule has 4 nitrogen and oxygen atoms in total. The maximum Gasteiger partial charge on any atom is 0.198 e. The van der Waals surface area contributed by atoms with Crippen molar-refractivity contribution < 1.29 is 4.74 Å². The van der Waals surface area contributed by atoms with E-state index in [1.165, 1.54) is 5.56 Å². The first kappa shape index (κ1) is 13.4. The van der Waals surface area contributed by atoms with Gasteiger partial charge in [-0.1, -0.05) is 54.1 Å². The maximum absolute atomic E-state index is 6.17. The predicted octanol–water partition coefficient (Wildman–Crippen LogP) is 3.29. The van der Waals surface area contributed by atoms with Gasteiger partial charge in [0.25, 0.3) is 0 Å². The number of amidine groups is 1. The molecule has 2 aliphatic rings. The van der Waals surface area contributed by atoms with Crippen LogP contribution >= 0.6 is 11.6 Å². The van der Waals surface area contributed by atoms with Gasteiger partial charge >= 0.3 is 0 Å². The van der Waals surface area contributed by atoms with Crippen LogP contribution < -0.4 is 10.6 Å². The van der Waals surface area contributed by atoms with Crippen molar-refractivity contribution in [1.29, 1.82) is 0 Å². The van der Waals surface area contributed by atoms with Gasteiger partial charge in [-0.15, -0.1) is 0 Å². The van der Waals surface area contributed by atoms with Gasteiger partial charge in [-0.25, -0.2) is 4.99 Å². The second-order valence-electron chi connectivity index (χ2n) is 5.23. The minimum absolute atomic E-state index is 0.138. The molecule has 110 valence electrons. The summed E-state index contributed by atoms with van der Waals surface area (Å²) in [6, 6.07) is 18.5. The highest BCUT2D eigenvalue weighted by molar-refractivity contribution is 6.43. The Morgan fingerprint density at radius 2 is 1.82 bits per heavy atom. The van der Waals surface area contributed by atoms with Crippen LogP contribution in [0.5, 0.6) is 0 Å². The lowest BCUT2D eigenvalue weighted by Gasteiger charge is -2.18. The fourth-order valence-electron chi connectivity index (χ4n) is 2.55. The summed E-state index contributed by atoms with van der Waals surface area (Å²) < 4.78 is 5.54. The Morgan fingerprint density at radius 1 is 1.05 bits per heavy atom. The quantitative estimate of drug-likeness (QED) is 0.866. The fraction of sp³-hybridized carbons (Fsp3) is 0.118. The molecule has 2 aliphatic heterocycles. The van der Waals surface area contributed by atoms with Gasteiger partial charge in [-0.05, 0) is 23.3 Å². The number of fused-ring (bicyclic) bond motifs is 1. The average molecular weight is 312 g/mol. The lowest BCUT2D eigenvalue weighted by molar-refractivity contribution is 0.374. The minimum Gasteiger partial charge on any atom is -0.383 e. The SMILES string of the molecule is NC1=NC2OC2N(c2cccc(-c3ccccc3)c2)C=C1Cl. The molecule has 5 heteroatoms. The standard InChI is InChI=1S/C17H14ClN3O/c18-14-10-21(17-16(22-17)20-15(14)19)13-8-4-7-12(9-13)11-5-2-1-3-6-11/h1-10,16-17H,(H2,19,20). The molecule has 0 aliphatic carbocycles. The van der Waals surface area contributed by atoms with Crippen molar-refractivity contribution in [1.82, 2.24) is 0 Å². The minimum atomic E-state index is -0.243. The zero-order valence-electron chi connectivity index (χ0n) is 11.7. The first-order valence-electron chi connectivity index (χ1n) is 7.02. The van der Waals surface area contributed by atoms with Crippen LogP contribution in [-0.2, 0) is 4.74 Å². The van der Waals surface area contributed by atoms with E-state index in [2.05, 4.69) is 29.3 Å². The topological polar surface area (TPSA) is 54.1 Å². The van der Waals surface area contributed by atoms with Gasteiger partial charge in [-0.3, -0.25) is 0 Å². The van der Waals surface area contributed by atoms with Crippen LogP contribution in [-0.4, -0.2) is 18.3 Å². The Balaban J connectivity index is 1.72. The van der Waals surface area contributed by atoms with E-state index >= 15 is 0 Å². The van der Waals surface area contributed by atoms with Crippen LogP contribution in [0.25, 0.3) is 11.1 Å². The third-order valence-electron chi connectivity index (χ3n) is 3.74. The number of aliphatic imine (C=N–C) groups is 1. The molecule has 2 atom stereocenters. The summed E-state index contributed by atoms with van der Waals surface area (Å²) in [5.74, 6) is 0.316. The molecule has 2 aromatic carbocycles. The first-order valence-corrected chi connectivity index (χ1v) is 7.40. The Hall–Kier alpha value is -2.30. The van der Waals surface area contributed by atoms with E-state index in [-0.39, 0.29) is 12.5 Å². The second-order valence-corrected chi connectivity index (χ2v) is 5.64. The van der Waals surface area contributed by atoms with Crippen LogP contribution in [0.2, 0.25) is 0 Å². The summed E-state index contributed by atoms with van der Waals surface area (Å²) in [4.78, 5) is 6.19. The number of nitrogens with two attached hydrogens (primary N) is 1. The Kier molecular flexibility index (Phi) is 3.13. The number of benzene rings is 2. The van der Waals surface area contributed by atoms with Crippen molar-refractivity contribution in [2.24, 2.45) is 10.7 Å². The molecule has 4 rings (SSSR count). The van der Waals surface area contributed by atoms with E-state index in [4.69, 9.17) is 22.1 Å². The number of epoxide rings is 1. The fourth-order valence-corrected chi connectivity index (χ4v) is 2.71. The van der Waals surface area contributed by atoms with Gasteiger partial charge in [0.15, 0.2) is 12.5 Å². The largest absolute Gasteiger partial charge is 0.383 e. The number of halogens is 1. The van der Waals surface area contributed by atoms with Gasteiger partial charge in [0.2, 0.25) is 0 Å². The Morgan fingerprint density at radius 3 is 2.64 bits per heavy atom. The van der Waals surface area contributed by atoms with Crippen LogP contribution in [0.1, 0.15) is 0 Å². The van der Waals surface area contributed by atoms with E-state index < -0.39 is 0 Å². The molecule has 22 heavy (non-hydrogen) atoms. The van der Waals surface area contributed by atoms with Crippen molar-refractivity contribution in [3.8, 4) is 11.1 Å². The van der Waals surface area contributed by atoms with E-state index in [0.717, 1.165) is 11.3 Å². The molecule has 2 unspecified atom stereocenters. The summed E-state index contributed by atoms with van der Waals surface area (Å²) in [6.45, 7) is 0. The van der Waals surface area contributed by atoms with E-state index in [1.54, 1.807) is 6.20 Å². The molecule has 0 amide bonds. The van der Waals surface area contributed by atoms with Crippen molar-refractivity contribution in [3.05, 3.63) is 65.8 Å². The summed E-state index contributed by atoms with van der Waals surface area (Å²) in [7, 11) is 0. The first-order chi connectivity index (χ1) is 10.7. The zero-order valence-corrected chi connectivity index (χ0v) is 12.4. The zero-order chi connectivity index (χ0) is 15.1. The maximum atomic E-state index is 6.17. The van der Waals surface area contributed by atoms with Crippen LogP contribution in [0.15, 0.2) is 70.8 Å². The molecule has 2 heterocycles. The third kappa shape index (κ3) is 2.36. The van der Waals surface area contributed by atoms with Gasteiger partial charge in [-0.2, -0.15) is 0 Å². The average Bonchev–Trinajstić information content (AvgIpc) is 3.32. The van der Waals surface area contributed by atoms with Gasteiger partial charge in [0.05, 0.1) is 5.03 Å². The number of hydrogen-bond donors (Lipinski definition) is 1. The summed E-state index contributed by atoms with van der Waals surface area (Å²) in [5, 5.41) is 0.431. The molecule has 0 radical (unpaired) electrons. The van der Waals surface area contributed by atoms with Gasteiger partial charge in [0, 0.05) is 11.9 Å². The molecule has 0 saturated carbocycles. The van der Waals surface area contributed by atoms with Crippen LogP contribution in [0.4, 0.5) is 5.69 Å². The summed E-state index contributed by atoms with van der Waals surface area (Å²) >= 11 is 6.17. The summed E-state index contributed by atoms with van der Waals surface area (Å²) in [5.41, 5.74) is 9.10. The molecule has 1 fully saturated rings. The number of nitrogens with zero attached hydrogens (tertiary/aromatic N) is 2. The lowest BCUT2D eigenvalue weighted by atomic mass is 10.1. The highest BCUT2D eigenvalue weighted by atomic mass is 35.5. The number of anilines is 1. The number of ether oxygens (including phenoxy) is 1. The molecule has 2 aromatic rings. The van der Waals surface area contributed by atoms with Crippen LogP contribution in [0, 0.1) is 0 Å². The normalized spacial score (nSPS) is 23.2. The lowest BCUT2D eigenvalue weighted by Crippen LogP contribution is -2.21. The molecule has 0 spiro atoms. The molecule has 1 saturated heterocycles. The molecule has 2 N–H and O–H groups in total. The smallest absolute Gasteiger partial charge is 0.198 e. The van der Waals surface area contributed by atoms with E-state index in [0.29, 0.717) is 10.9 Å². The van der Waals surface area contributed by atoms with E-state index in [9.17, 15) is 0 Å². The number of hydrogen-bond acceptors (Lipinski definition) is 4.